The summed E-state index contributed by atoms with van der Waals surface area (Å²) in [4.78, 5) is 15.4. The lowest BCUT2D eigenvalue weighted by Crippen LogP contribution is -2.23. The van der Waals surface area contributed by atoms with E-state index in [1.165, 1.54) is 5.56 Å². The number of ether oxygens (including phenoxy) is 1. The van der Waals surface area contributed by atoms with Gasteiger partial charge in [0.05, 0.1) is 12.8 Å². The molecule has 0 aromatic heterocycles. The third-order valence-electron chi connectivity index (χ3n) is 3.25. The molecule has 0 unspecified atom stereocenters. The van der Waals surface area contributed by atoms with Crippen molar-refractivity contribution in [3.8, 4) is 5.75 Å². The lowest BCUT2D eigenvalue weighted by atomic mass is 10.2. The number of aryl methyl sites for hydroxylation is 1. The molecular formula is C17H19NO2S. The Morgan fingerprint density at radius 2 is 1.81 bits per heavy atom. The van der Waals surface area contributed by atoms with Crippen LogP contribution in [0.4, 0.5) is 5.69 Å². The average Bonchev–Trinajstić information content (AvgIpc) is 2.48. The summed E-state index contributed by atoms with van der Waals surface area (Å²) in [6.45, 7) is 3.62. The maximum Gasteiger partial charge on any atom is 0.223 e. The number of carbonyl (C=O) groups excluding carboxylic acids is 1. The van der Waals surface area contributed by atoms with Crippen LogP contribution in [0, 0.1) is 6.92 Å². The summed E-state index contributed by atoms with van der Waals surface area (Å²) in [6, 6.07) is 14.1. The molecule has 0 aliphatic carbocycles. The Morgan fingerprint density at radius 1 is 1.14 bits per heavy atom. The zero-order valence-corrected chi connectivity index (χ0v) is 13.5. The minimum atomic E-state index is 0.00548. The maximum atomic E-state index is 11.6. The molecule has 0 spiro atoms. The number of amides is 1. The number of methoxy groups -OCH3 is 1. The molecule has 110 valence electrons. The van der Waals surface area contributed by atoms with Crippen LogP contribution in [0.15, 0.2) is 52.3 Å². The van der Waals surface area contributed by atoms with E-state index in [0.29, 0.717) is 0 Å². The second kappa shape index (κ2) is 6.68. The predicted octanol–water partition coefficient (Wildman–Crippen LogP) is 4.14. The topological polar surface area (TPSA) is 29.5 Å². The molecule has 2 rings (SSSR count). The second-order valence-corrected chi connectivity index (χ2v) is 5.94. The van der Waals surface area contributed by atoms with E-state index in [0.717, 1.165) is 21.2 Å². The van der Waals surface area contributed by atoms with Gasteiger partial charge in [-0.25, -0.2) is 0 Å². The Labute approximate surface area is 129 Å². The normalized spacial score (nSPS) is 10.3. The largest absolute Gasteiger partial charge is 0.497 e. The molecule has 0 heterocycles. The van der Waals surface area contributed by atoms with Crippen LogP contribution >= 0.6 is 11.8 Å². The van der Waals surface area contributed by atoms with Gasteiger partial charge < -0.3 is 9.64 Å². The zero-order chi connectivity index (χ0) is 15.4. The van der Waals surface area contributed by atoms with Gasteiger partial charge in [-0.15, -0.1) is 0 Å². The van der Waals surface area contributed by atoms with E-state index in [4.69, 9.17) is 4.74 Å². The molecular weight excluding hydrogens is 282 g/mol. The van der Waals surface area contributed by atoms with Crippen molar-refractivity contribution >= 4 is 23.4 Å². The summed E-state index contributed by atoms with van der Waals surface area (Å²) < 4.78 is 5.29. The molecule has 1 amide bonds. The molecule has 0 aliphatic heterocycles. The number of nitrogens with zero attached hydrogens (tertiary/aromatic N) is 1. The third-order valence-corrected chi connectivity index (χ3v) is 4.30. The third kappa shape index (κ3) is 3.79. The molecule has 0 N–H and O–H groups in total. The molecule has 2 aromatic rings. The number of benzene rings is 2. The van der Waals surface area contributed by atoms with Crippen LogP contribution in [0.1, 0.15) is 12.5 Å². The molecule has 0 fully saturated rings. The first kappa shape index (κ1) is 15.4. The van der Waals surface area contributed by atoms with Gasteiger partial charge in [0.1, 0.15) is 5.75 Å². The Kier molecular flexibility index (Phi) is 4.91. The van der Waals surface area contributed by atoms with Gasteiger partial charge >= 0.3 is 0 Å². The average molecular weight is 301 g/mol. The van der Waals surface area contributed by atoms with Gasteiger partial charge in [-0.1, -0.05) is 29.5 Å². The molecule has 0 aliphatic rings. The highest BCUT2D eigenvalue weighted by Gasteiger charge is 2.13. The molecule has 0 atom stereocenters. The predicted molar refractivity (Wildman–Crippen MR) is 87.4 cm³/mol. The van der Waals surface area contributed by atoms with Crippen molar-refractivity contribution in [2.75, 3.05) is 19.1 Å². The molecule has 21 heavy (non-hydrogen) atoms. The van der Waals surface area contributed by atoms with Gasteiger partial charge in [0.15, 0.2) is 0 Å². The molecule has 0 bridgehead atoms. The monoisotopic (exact) mass is 301 g/mol. The Bertz CT molecular complexity index is 638. The first-order chi connectivity index (χ1) is 10.0. The minimum absolute atomic E-state index is 0.00548. The van der Waals surface area contributed by atoms with Crippen molar-refractivity contribution in [1.82, 2.24) is 0 Å². The highest BCUT2D eigenvalue weighted by molar-refractivity contribution is 7.99. The van der Waals surface area contributed by atoms with Crippen LogP contribution in [0.25, 0.3) is 0 Å². The highest BCUT2D eigenvalue weighted by Crippen LogP contribution is 2.37. The summed E-state index contributed by atoms with van der Waals surface area (Å²) >= 11 is 1.62. The van der Waals surface area contributed by atoms with E-state index in [-0.39, 0.29) is 5.91 Å². The van der Waals surface area contributed by atoms with Crippen molar-refractivity contribution in [1.29, 1.82) is 0 Å². The highest BCUT2D eigenvalue weighted by atomic mass is 32.2. The maximum absolute atomic E-state index is 11.6. The molecule has 0 radical (unpaired) electrons. The number of hydrogen-bond acceptors (Lipinski definition) is 3. The molecule has 2 aromatic carbocycles. The smallest absolute Gasteiger partial charge is 0.223 e. The van der Waals surface area contributed by atoms with Crippen molar-refractivity contribution in [3.63, 3.8) is 0 Å². The molecule has 0 saturated carbocycles. The summed E-state index contributed by atoms with van der Waals surface area (Å²) in [6.07, 6.45) is 0. The summed E-state index contributed by atoms with van der Waals surface area (Å²) in [7, 11) is 3.42. The van der Waals surface area contributed by atoms with E-state index in [1.807, 2.05) is 18.2 Å². The number of anilines is 1. The van der Waals surface area contributed by atoms with Gasteiger partial charge in [-0.3, -0.25) is 4.79 Å². The first-order valence-corrected chi connectivity index (χ1v) is 7.50. The van der Waals surface area contributed by atoms with Gasteiger partial charge in [0, 0.05) is 23.8 Å². The fraction of sp³-hybridized carbons (Fsp3) is 0.235. The van der Waals surface area contributed by atoms with E-state index in [2.05, 4.69) is 31.2 Å². The van der Waals surface area contributed by atoms with E-state index in [9.17, 15) is 4.79 Å². The lowest BCUT2D eigenvalue weighted by molar-refractivity contribution is -0.116. The van der Waals surface area contributed by atoms with Crippen molar-refractivity contribution < 1.29 is 9.53 Å². The van der Waals surface area contributed by atoms with Crippen LogP contribution in [-0.2, 0) is 4.79 Å². The van der Waals surface area contributed by atoms with Gasteiger partial charge in [-0.05, 0) is 37.3 Å². The van der Waals surface area contributed by atoms with Crippen LogP contribution in [0.2, 0.25) is 0 Å². The lowest BCUT2D eigenvalue weighted by Gasteiger charge is -2.19. The molecule has 4 heteroatoms. The fourth-order valence-electron chi connectivity index (χ4n) is 1.88. The van der Waals surface area contributed by atoms with E-state index < -0.39 is 0 Å². The van der Waals surface area contributed by atoms with E-state index >= 15 is 0 Å². The van der Waals surface area contributed by atoms with E-state index in [1.54, 1.807) is 37.7 Å². The van der Waals surface area contributed by atoms with Crippen LogP contribution in [-0.4, -0.2) is 20.1 Å². The number of carbonyl (C=O) groups is 1. The summed E-state index contributed by atoms with van der Waals surface area (Å²) in [5.41, 5.74) is 2.11. The Balaban J connectivity index is 2.39. The minimum Gasteiger partial charge on any atom is -0.497 e. The quantitative estimate of drug-likeness (QED) is 0.850. The van der Waals surface area contributed by atoms with Gasteiger partial charge in [-0.2, -0.15) is 0 Å². The molecule has 0 saturated heterocycles. The number of hydrogen-bond donors (Lipinski definition) is 0. The van der Waals surface area contributed by atoms with Crippen LogP contribution in [0.5, 0.6) is 5.75 Å². The summed E-state index contributed by atoms with van der Waals surface area (Å²) in [5, 5.41) is 0. The SMILES string of the molecule is COc1ccc(N(C)C(C)=O)c(Sc2ccc(C)cc2)c1. The van der Waals surface area contributed by atoms with Gasteiger partial charge in [0.2, 0.25) is 5.91 Å². The zero-order valence-electron chi connectivity index (χ0n) is 12.7. The standard InChI is InChI=1S/C17H19NO2S/c1-12-5-8-15(9-6-12)21-17-11-14(20-4)7-10-16(17)18(3)13(2)19/h5-11H,1-4H3. The van der Waals surface area contributed by atoms with Gasteiger partial charge in [0.25, 0.3) is 0 Å². The summed E-state index contributed by atoms with van der Waals surface area (Å²) in [5.74, 6) is 0.788. The van der Waals surface area contributed by atoms with Crippen molar-refractivity contribution in [2.45, 2.75) is 23.6 Å². The first-order valence-electron chi connectivity index (χ1n) is 6.68. The fourth-order valence-corrected chi connectivity index (χ4v) is 2.89. The number of rotatable bonds is 4. The Morgan fingerprint density at radius 3 is 2.38 bits per heavy atom. The van der Waals surface area contributed by atoms with Crippen LogP contribution < -0.4 is 9.64 Å². The second-order valence-electron chi connectivity index (χ2n) is 4.83. The molecule has 3 nitrogen and oxygen atoms in total. The van der Waals surface area contributed by atoms with Crippen LogP contribution in [0.3, 0.4) is 0 Å². The Hall–Kier alpha value is -1.94. The van der Waals surface area contributed by atoms with Crippen molar-refractivity contribution in [2.24, 2.45) is 0 Å². The van der Waals surface area contributed by atoms with Crippen molar-refractivity contribution in [3.05, 3.63) is 48.0 Å².